The molecule has 27 heavy (non-hydrogen) atoms. The molecule has 0 unspecified atom stereocenters. The van der Waals surface area contributed by atoms with Crippen molar-refractivity contribution in [1.82, 2.24) is 0 Å². The maximum Gasteiger partial charge on any atom is 0.303 e. The molecule has 0 heterocycles. The predicted molar refractivity (Wildman–Crippen MR) is 102 cm³/mol. The molecule has 0 saturated heterocycles. The van der Waals surface area contributed by atoms with Crippen molar-refractivity contribution >= 4 is 17.7 Å². The van der Waals surface area contributed by atoms with Gasteiger partial charge in [0.1, 0.15) is 17.4 Å². The van der Waals surface area contributed by atoms with Gasteiger partial charge in [-0.25, -0.2) is 8.78 Å². The fourth-order valence-corrected chi connectivity index (χ4v) is 4.28. The molecule has 0 spiro atoms. The van der Waals surface area contributed by atoms with Crippen molar-refractivity contribution in [3.8, 4) is 16.9 Å². The standard InChI is InChI=1S/C21H22F2O3S/c22-15-12-18(21(19(23)13-15)27-10-4-9-20(24)25)14-5-3-8-17(11-14)26-16-6-1-2-7-16/h3,5,8,11-13,16H,1-2,4,6-7,9-10H2,(H,24,25). The zero-order valence-electron chi connectivity index (χ0n) is 14.9. The zero-order valence-corrected chi connectivity index (χ0v) is 15.7. The Morgan fingerprint density at radius 3 is 2.70 bits per heavy atom. The van der Waals surface area contributed by atoms with Crippen molar-refractivity contribution < 1.29 is 23.4 Å². The van der Waals surface area contributed by atoms with Gasteiger partial charge in [-0.2, -0.15) is 0 Å². The van der Waals surface area contributed by atoms with Crippen LogP contribution in [-0.4, -0.2) is 22.9 Å². The number of carbonyl (C=O) groups is 1. The van der Waals surface area contributed by atoms with Crippen LogP contribution in [0.3, 0.4) is 0 Å². The molecule has 0 atom stereocenters. The van der Waals surface area contributed by atoms with Gasteiger partial charge < -0.3 is 9.84 Å². The van der Waals surface area contributed by atoms with E-state index < -0.39 is 17.6 Å². The lowest BCUT2D eigenvalue weighted by atomic mass is 10.0. The summed E-state index contributed by atoms with van der Waals surface area (Å²) in [6.07, 6.45) is 5.03. The Bertz CT molecular complexity index is 804. The van der Waals surface area contributed by atoms with E-state index in [-0.39, 0.29) is 12.5 Å². The van der Waals surface area contributed by atoms with Crippen molar-refractivity contribution in [2.45, 2.75) is 49.5 Å². The Hall–Kier alpha value is -2.08. The third kappa shape index (κ3) is 5.45. The molecule has 144 valence electrons. The summed E-state index contributed by atoms with van der Waals surface area (Å²) in [6, 6.07) is 9.47. The summed E-state index contributed by atoms with van der Waals surface area (Å²) in [6.45, 7) is 0. The lowest BCUT2D eigenvalue weighted by molar-refractivity contribution is -0.137. The highest BCUT2D eigenvalue weighted by atomic mass is 32.2. The number of rotatable bonds is 8. The molecule has 1 fully saturated rings. The summed E-state index contributed by atoms with van der Waals surface area (Å²) in [5, 5.41) is 8.73. The molecule has 0 bridgehead atoms. The summed E-state index contributed by atoms with van der Waals surface area (Å²) in [5.41, 5.74) is 1.15. The maximum absolute atomic E-state index is 14.4. The summed E-state index contributed by atoms with van der Waals surface area (Å²) >= 11 is 1.21. The average Bonchev–Trinajstić information content (AvgIpc) is 3.12. The molecule has 2 aromatic carbocycles. The summed E-state index contributed by atoms with van der Waals surface area (Å²) in [7, 11) is 0. The molecule has 6 heteroatoms. The summed E-state index contributed by atoms with van der Waals surface area (Å²) in [5.74, 6) is -1.01. The first-order chi connectivity index (χ1) is 13.0. The van der Waals surface area contributed by atoms with E-state index in [1.807, 2.05) is 18.2 Å². The van der Waals surface area contributed by atoms with Crippen molar-refractivity contribution in [2.24, 2.45) is 0 Å². The predicted octanol–water partition coefficient (Wildman–Crippen LogP) is 5.91. The van der Waals surface area contributed by atoms with Crippen LogP contribution in [0.25, 0.3) is 11.1 Å². The Labute approximate surface area is 161 Å². The summed E-state index contributed by atoms with van der Waals surface area (Å²) < 4.78 is 34.3. The molecule has 0 amide bonds. The van der Waals surface area contributed by atoms with Gasteiger partial charge in [0.05, 0.1) is 11.0 Å². The van der Waals surface area contributed by atoms with E-state index in [0.717, 1.165) is 31.7 Å². The third-order valence-corrected chi connectivity index (χ3v) is 5.74. The molecule has 1 aliphatic carbocycles. The van der Waals surface area contributed by atoms with E-state index in [4.69, 9.17) is 9.84 Å². The number of hydrogen-bond donors (Lipinski definition) is 1. The van der Waals surface area contributed by atoms with Crippen molar-refractivity contribution in [3.05, 3.63) is 48.0 Å². The number of thioether (sulfide) groups is 1. The summed E-state index contributed by atoms with van der Waals surface area (Å²) in [4.78, 5) is 11.0. The minimum atomic E-state index is -0.882. The Balaban J connectivity index is 1.82. The van der Waals surface area contributed by atoms with Crippen LogP contribution in [0.2, 0.25) is 0 Å². The van der Waals surface area contributed by atoms with Gasteiger partial charge in [0, 0.05) is 18.1 Å². The van der Waals surface area contributed by atoms with Crippen LogP contribution in [0.4, 0.5) is 8.78 Å². The second-order valence-corrected chi connectivity index (χ2v) is 7.77. The molecule has 2 aromatic rings. The molecule has 3 rings (SSSR count). The maximum atomic E-state index is 14.4. The molecule has 3 nitrogen and oxygen atoms in total. The number of ether oxygens (including phenoxy) is 1. The van der Waals surface area contributed by atoms with Gasteiger partial charge in [-0.1, -0.05) is 12.1 Å². The third-order valence-electron chi connectivity index (χ3n) is 4.54. The number of benzene rings is 2. The molecular formula is C21H22F2O3S. The normalized spacial score (nSPS) is 14.4. The monoisotopic (exact) mass is 392 g/mol. The van der Waals surface area contributed by atoms with Crippen LogP contribution in [0.1, 0.15) is 38.5 Å². The Morgan fingerprint density at radius 2 is 1.96 bits per heavy atom. The van der Waals surface area contributed by atoms with Gasteiger partial charge >= 0.3 is 5.97 Å². The van der Waals surface area contributed by atoms with Crippen LogP contribution in [0, 0.1) is 11.6 Å². The molecular weight excluding hydrogens is 370 g/mol. The van der Waals surface area contributed by atoms with Gasteiger partial charge in [-0.15, -0.1) is 11.8 Å². The van der Waals surface area contributed by atoms with Crippen LogP contribution >= 0.6 is 11.8 Å². The topological polar surface area (TPSA) is 46.5 Å². The van der Waals surface area contributed by atoms with Crippen molar-refractivity contribution in [2.75, 3.05) is 5.75 Å². The largest absolute Gasteiger partial charge is 0.490 e. The highest BCUT2D eigenvalue weighted by Crippen LogP contribution is 2.37. The fourth-order valence-electron chi connectivity index (χ4n) is 3.25. The molecule has 0 radical (unpaired) electrons. The number of hydrogen-bond acceptors (Lipinski definition) is 3. The Morgan fingerprint density at radius 1 is 1.19 bits per heavy atom. The second kappa shape index (κ2) is 9.22. The lowest BCUT2D eigenvalue weighted by Crippen LogP contribution is -2.10. The number of carboxylic acids is 1. The number of halogens is 2. The lowest BCUT2D eigenvalue weighted by Gasteiger charge is -2.15. The molecule has 1 saturated carbocycles. The van der Waals surface area contributed by atoms with E-state index in [9.17, 15) is 13.6 Å². The molecule has 0 aliphatic heterocycles. The van der Waals surface area contributed by atoms with E-state index in [1.54, 1.807) is 6.07 Å². The van der Waals surface area contributed by atoms with Crippen LogP contribution in [0.15, 0.2) is 41.3 Å². The van der Waals surface area contributed by atoms with Gasteiger partial charge in [-0.3, -0.25) is 4.79 Å². The second-order valence-electron chi connectivity index (χ2n) is 6.66. The first-order valence-electron chi connectivity index (χ1n) is 9.13. The minimum absolute atomic E-state index is 0.0237. The zero-order chi connectivity index (χ0) is 19.2. The quantitative estimate of drug-likeness (QED) is 0.448. The van der Waals surface area contributed by atoms with E-state index in [1.165, 1.54) is 17.8 Å². The van der Waals surface area contributed by atoms with Gasteiger partial charge in [-0.05, 0) is 61.6 Å². The molecule has 1 aliphatic rings. The molecule has 0 aromatic heterocycles. The van der Waals surface area contributed by atoms with Crippen LogP contribution < -0.4 is 4.74 Å². The first kappa shape index (κ1) is 19.7. The van der Waals surface area contributed by atoms with E-state index >= 15 is 0 Å². The van der Waals surface area contributed by atoms with Gasteiger partial charge in [0.15, 0.2) is 0 Å². The fraction of sp³-hybridized carbons (Fsp3) is 0.381. The van der Waals surface area contributed by atoms with Crippen molar-refractivity contribution in [3.63, 3.8) is 0 Å². The van der Waals surface area contributed by atoms with Gasteiger partial charge in [0.2, 0.25) is 0 Å². The highest BCUT2D eigenvalue weighted by molar-refractivity contribution is 7.99. The van der Waals surface area contributed by atoms with Crippen LogP contribution in [-0.2, 0) is 4.79 Å². The number of carboxylic acid groups (broad SMARTS) is 1. The highest BCUT2D eigenvalue weighted by Gasteiger charge is 2.18. The Kier molecular flexibility index (Phi) is 6.72. The molecule has 1 N–H and O–H groups in total. The SMILES string of the molecule is O=C(O)CCCSc1c(F)cc(F)cc1-c1cccc(OC2CCCC2)c1. The first-order valence-corrected chi connectivity index (χ1v) is 10.1. The van der Waals surface area contributed by atoms with E-state index in [0.29, 0.717) is 33.9 Å². The minimum Gasteiger partial charge on any atom is -0.490 e. The van der Waals surface area contributed by atoms with Crippen LogP contribution in [0.5, 0.6) is 5.75 Å². The average molecular weight is 392 g/mol. The van der Waals surface area contributed by atoms with E-state index in [2.05, 4.69) is 0 Å². The number of aliphatic carboxylic acids is 1. The van der Waals surface area contributed by atoms with Gasteiger partial charge in [0.25, 0.3) is 0 Å². The smallest absolute Gasteiger partial charge is 0.303 e. The van der Waals surface area contributed by atoms with Crippen molar-refractivity contribution in [1.29, 1.82) is 0 Å².